The largest absolute Gasteiger partial charge is 0.394 e. The highest BCUT2D eigenvalue weighted by Crippen LogP contribution is 2.49. The quantitative estimate of drug-likeness (QED) is 0.218. The molecule has 2 saturated heterocycles. The first-order chi connectivity index (χ1) is 16.8. The molecule has 2 aromatic rings. The molecule has 10 nitrogen and oxygen atoms in total. The van der Waals surface area contributed by atoms with Gasteiger partial charge in [-0.1, -0.05) is 48.2 Å². The smallest absolute Gasteiger partial charge is 0.164 e. The maximum atomic E-state index is 12.0. The Morgan fingerprint density at radius 1 is 0.714 bits per heavy atom. The first-order valence-corrected chi connectivity index (χ1v) is 12.2. The van der Waals surface area contributed by atoms with Crippen molar-refractivity contribution in [1.82, 2.24) is 0 Å². The Bertz CT molecular complexity index is 868. The zero-order chi connectivity index (χ0) is 25.1. The van der Waals surface area contributed by atoms with E-state index in [1.165, 1.54) is 0 Å². The van der Waals surface area contributed by atoms with Gasteiger partial charge in [0.1, 0.15) is 24.4 Å². The minimum absolute atomic E-state index is 0.161. The van der Waals surface area contributed by atoms with Gasteiger partial charge in [0.05, 0.1) is 38.5 Å². The third kappa shape index (κ3) is 5.29. The molecule has 0 bridgehead atoms. The number of ether oxygens (including phenoxy) is 2. The highest BCUT2D eigenvalue weighted by atomic mass is 32.2. The fourth-order valence-corrected chi connectivity index (χ4v) is 6.28. The standard InChI is InChI=1S/C24H32N2O8S/c27-11-19-23(31,21(17(29)13-33-19)25-15-7-3-1-4-8-15)35-24(32)20(12-28)34-14-18(30)22(24)26-16-9-5-2-6-10-16/h1-10,17-22,25-32H,11-14H2/t17-,18-,19+,20+,21-,22-,23-,24-/m0/s1. The molecule has 35 heavy (non-hydrogen) atoms. The number of aliphatic hydroxyl groups is 6. The molecule has 2 heterocycles. The van der Waals surface area contributed by atoms with Crippen LogP contribution in [0.2, 0.25) is 0 Å². The van der Waals surface area contributed by atoms with Crippen LogP contribution in [0.1, 0.15) is 0 Å². The third-order valence-electron chi connectivity index (χ3n) is 6.37. The highest BCUT2D eigenvalue weighted by molar-refractivity contribution is 8.01. The van der Waals surface area contributed by atoms with E-state index in [1.54, 1.807) is 48.5 Å². The predicted molar refractivity (Wildman–Crippen MR) is 131 cm³/mol. The summed E-state index contributed by atoms with van der Waals surface area (Å²) in [6, 6.07) is 15.6. The minimum atomic E-state index is -2.11. The van der Waals surface area contributed by atoms with Crippen LogP contribution < -0.4 is 10.6 Å². The third-order valence-corrected chi connectivity index (χ3v) is 8.06. The van der Waals surface area contributed by atoms with E-state index in [1.807, 2.05) is 12.1 Å². The van der Waals surface area contributed by atoms with Gasteiger partial charge in [0.15, 0.2) is 9.87 Å². The molecule has 8 N–H and O–H groups in total. The van der Waals surface area contributed by atoms with E-state index in [0.29, 0.717) is 23.1 Å². The van der Waals surface area contributed by atoms with E-state index in [0.717, 1.165) is 0 Å². The van der Waals surface area contributed by atoms with Crippen molar-refractivity contribution in [3.05, 3.63) is 60.7 Å². The zero-order valence-corrected chi connectivity index (χ0v) is 19.8. The summed E-state index contributed by atoms with van der Waals surface area (Å²) < 4.78 is 11.1. The predicted octanol–water partition coefficient (Wildman–Crippen LogP) is -0.438. The molecule has 0 saturated carbocycles. The van der Waals surface area contributed by atoms with Crippen LogP contribution >= 0.6 is 11.8 Å². The average Bonchev–Trinajstić information content (AvgIpc) is 2.86. The number of anilines is 2. The summed E-state index contributed by atoms with van der Waals surface area (Å²) in [5.41, 5.74) is 1.19. The fraction of sp³-hybridized carbons (Fsp3) is 0.500. The lowest BCUT2D eigenvalue weighted by Gasteiger charge is -2.54. The van der Waals surface area contributed by atoms with Gasteiger partial charge in [0.25, 0.3) is 0 Å². The van der Waals surface area contributed by atoms with Crippen LogP contribution in [0.5, 0.6) is 0 Å². The number of nitrogens with one attached hydrogen (secondary N) is 2. The number of para-hydroxylation sites is 2. The van der Waals surface area contributed by atoms with Crippen LogP contribution in [-0.2, 0) is 9.47 Å². The molecule has 0 radical (unpaired) electrons. The average molecular weight is 509 g/mol. The molecular weight excluding hydrogens is 476 g/mol. The first kappa shape index (κ1) is 26.1. The number of hydrogen-bond acceptors (Lipinski definition) is 11. The van der Waals surface area contributed by atoms with Crippen molar-refractivity contribution in [2.45, 2.75) is 46.4 Å². The molecule has 0 spiro atoms. The lowest BCUT2D eigenvalue weighted by Crippen LogP contribution is -2.71. The van der Waals surface area contributed by atoms with E-state index in [9.17, 15) is 30.6 Å². The lowest BCUT2D eigenvalue weighted by molar-refractivity contribution is -0.174. The molecule has 4 rings (SSSR count). The van der Waals surface area contributed by atoms with Gasteiger partial charge >= 0.3 is 0 Å². The molecule has 0 amide bonds. The zero-order valence-electron chi connectivity index (χ0n) is 19.0. The van der Waals surface area contributed by atoms with Crippen LogP contribution in [-0.4, -0.2) is 103 Å². The Labute approximate surface area is 207 Å². The summed E-state index contributed by atoms with van der Waals surface area (Å²) in [7, 11) is 0. The number of hydrogen-bond donors (Lipinski definition) is 8. The Hall–Kier alpha value is -1.93. The minimum Gasteiger partial charge on any atom is -0.394 e. The Balaban J connectivity index is 1.72. The number of thioether (sulfide) groups is 1. The van der Waals surface area contributed by atoms with Gasteiger partial charge < -0.3 is 50.7 Å². The summed E-state index contributed by atoms with van der Waals surface area (Å²) >= 11 is 0.570. The molecule has 2 aromatic carbocycles. The van der Waals surface area contributed by atoms with Crippen molar-refractivity contribution in [2.24, 2.45) is 0 Å². The second-order valence-corrected chi connectivity index (χ2v) is 10.2. The van der Waals surface area contributed by atoms with Crippen LogP contribution in [0.3, 0.4) is 0 Å². The Morgan fingerprint density at radius 2 is 1.09 bits per heavy atom. The summed E-state index contributed by atoms with van der Waals surface area (Å²) in [5.74, 6) is 0. The number of rotatable bonds is 8. The topological polar surface area (TPSA) is 164 Å². The van der Waals surface area contributed by atoms with Crippen molar-refractivity contribution < 1.29 is 40.1 Å². The van der Waals surface area contributed by atoms with Gasteiger partial charge in [0.2, 0.25) is 0 Å². The van der Waals surface area contributed by atoms with Gasteiger partial charge in [-0.15, -0.1) is 0 Å². The lowest BCUT2D eigenvalue weighted by atomic mass is 9.95. The molecule has 8 atom stereocenters. The Kier molecular flexibility index (Phi) is 8.21. The van der Waals surface area contributed by atoms with Crippen molar-refractivity contribution in [1.29, 1.82) is 0 Å². The SMILES string of the molecule is OC[C@H]1OC[C@H](O)[C@H](Nc2ccccc2)[C@@]1(O)S[C@@]1(O)[C@@H](CO)OC[C@H](O)[C@@H]1Nc1ccccc1. The molecule has 2 aliphatic rings. The second kappa shape index (κ2) is 11.0. The number of benzene rings is 2. The van der Waals surface area contributed by atoms with Gasteiger partial charge in [-0.3, -0.25) is 0 Å². The summed E-state index contributed by atoms with van der Waals surface area (Å²) in [5, 5.41) is 71.8. The molecule has 0 unspecified atom stereocenters. The van der Waals surface area contributed by atoms with E-state index in [2.05, 4.69) is 10.6 Å². The molecule has 0 aliphatic carbocycles. The van der Waals surface area contributed by atoms with Gasteiger partial charge in [0, 0.05) is 11.4 Å². The molecule has 192 valence electrons. The maximum Gasteiger partial charge on any atom is 0.164 e. The van der Waals surface area contributed by atoms with Crippen molar-refractivity contribution in [2.75, 3.05) is 37.1 Å². The number of aliphatic hydroxyl groups excluding tert-OH is 4. The van der Waals surface area contributed by atoms with Gasteiger partial charge in [-0.25, -0.2) is 0 Å². The van der Waals surface area contributed by atoms with Crippen LogP contribution in [0.15, 0.2) is 60.7 Å². The summed E-state index contributed by atoms with van der Waals surface area (Å²) in [4.78, 5) is -4.22. The molecule has 11 heteroatoms. The maximum absolute atomic E-state index is 12.0. The first-order valence-electron chi connectivity index (χ1n) is 11.4. The molecular formula is C24H32N2O8S. The van der Waals surface area contributed by atoms with Crippen LogP contribution in [0.25, 0.3) is 0 Å². The van der Waals surface area contributed by atoms with Crippen molar-refractivity contribution in [3.63, 3.8) is 0 Å². The van der Waals surface area contributed by atoms with Crippen LogP contribution in [0, 0.1) is 0 Å². The monoisotopic (exact) mass is 508 g/mol. The van der Waals surface area contributed by atoms with Crippen molar-refractivity contribution in [3.8, 4) is 0 Å². The Morgan fingerprint density at radius 3 is 1.43 bits per heavy atom. The molecule has 2 aliphatic heterocycles. The highest BCUT2D eigenvalue weighted by Gasteiger charge is 2.62. The second-order valence-electron chi connectivity index (χ2n) is 8.73. The summed E-state index contributed by atoms with van der Waals surface area (Å²) in [6.45, 7) is -1.54. The van der Waals surface area contributed by atoms with E-state index in [4.69, 9.17) is 9.47 Å². The van der Waals surface area contributed by atoms with Gasteiger partial charge in [-0.2, -0.15) is 0 Å². The molecule has 2 fully saturated rings. The van der Waals surface area contributed by atoms with Gasteiger partial charge in [-0.05, 0) is 24.3 Å². The van der Waals surface area contributed by atoms with Crippen LogP contribution in [0.4, 0.5) is 11.4 Å². The van der Waals surface area contributed by atoms with Crippen molar-refractivity contribution >= 4 is 23.1 Å². The van der Waals surface area contributed by atoms with E-state index < -0.39 is 59.6 Å². The normalized spacial score (nSPS) is 37.5. The van der Waals surface area contributed by atoms with E-state index >= 15 is 0 Å². The van der Waals surface area contributed by atoms with E-state index in [-0.39, 0.29) is 13.2 Å². The fourth-order valence-electron chi connectivity index (χ4n) is 4.53. The molecule has 0 aromatic heterocycles. The summed E-state index contributed by atoms with van der Waals surface area (Å²) in [6.07, 6.45) is -4.84.